The van der Waals surface area contributed by atoms with Crippen molar-refractivity contribution in [1.82, 2.24) is 5.32 Å². The molecule has 0 saturated carbocycles. The molecule has 160 valence electrons. The van der Waals surface area contributed by atoms with Crippen LogP contribution in [-0.2, 0) is 22.4 Å². The Bertz CT molecular complexity index is 1090. The largest absolute Gasteiger partial charge is 0.504 e. The maximum absolute atomic E-state index is 13.2. The van der Waals surface area contributed by atoms with E-state index in [1.807, 2.05) is 19.1 Å². The summed E-state index contributed by atoms with van der Waals surface area (Å²) < 4.78 is 5.48. The van der Waals surface area contributed by atoms with Crippen molar-refractivity contribution in [2.24, 2.45) is 0 Å². The van der Waals surface area contributed by atoms with E-state index in [0.717, 1.165) is 10.5 Å². The average molecular weight is 420 g/mol. The van der Waals surface area contributed by atoms with E-state index in [-0.39, 0.29) is 17.1 Å². The number of ether oxygens (including phenoxy) is 1. The zero-order valence-electron chi connectivity index (χ0n) is 17.5. The van der Waals surface area contributed by atoms with Gasteiger partial charge in [-0.05, 0) is 55.2 Å². The fourth-order valence-electron chi connectivity index (χ4n) is 3.42. The predicted molar refractivity (Wildman–Crippen MR) is 118 cm³/mol. The number of rotatable bonds is 7. The number of aromatic hydroxyl groups is 1. The zero-order chi connectivity index (χ0) is 22.5. The standard InChI is InChI=1S/C24H24N2O5/c1-4-9-17-12-15(14-20(21(17)27)31-6-3)13-18-22(28)25-24(30)26(23(18)29)19-11-8-7-10-16(19)5-2/h4,7-8,10-14,27H,1,5-6,9H2,2-3H3,(H,25,28,30)/b18-13+. The summed E-state index contributed by atoms with van der Waals surface area (Å²) in [4.78, 5) is 39.1. The van der Waals surface area contributed by atoms with Gasteiger partial charge in [0.2, 0.25) is 0 Å². The number of amides is 4. The molecule has 1 heterocycles. The molecule has 7 nitrogen and oxygen atoms in total. The summed E-state index contributed by atoms with van der Waals surface area (Å²) in [6, 6.07) is 9.44. The highest BCUT2D eigenvalue weighted by Gasteiger charge is 2.37. The Kier molecular flexibility index (Phi) is 6.55. The maximum Gasteiger partial charge on any atom is 0.335 e. The lowest BCUT2D eigenvalue weighted by Gasteiger charge is -2.28. The molecule has 1 aliphatic rings. The fourth-order valence-corrected chi connectivity index (χ4v) is 3.42. The summed E-state index contributed by atoms with van der Waals surface area (Å²) in [7, 11) is 0. The number of allylic oxidation sites excluding steroid dienone is 1. The Morgan fingerprint density at radius 1 is 1.13 bits per heavy atom. The molecule has 0 spiro atoms. The Morgan fingerprint density at radius 3 is 2.55 bits per heavy atom. The third kappa shape index (κ3) is 4.35. The van der Waals surface area contributed by atoms with Crippen LogP contribution in [0.1, 0.15) is 30.5 Å². The van der Waals surface area contributed by atoms with Gasteiger partial charge in [-0.2, -0.15) is 0 Å². The van der Waals surface area contributed by atoms with Gasteiger partial charge in [-0.3, -0.25) is 14.9 Å². The van der Waals surface area contributed by atoms with Crippen LogP contribution in [0.25, 0.3) is 6.08 Å². The Labute approximate surface area is 180 Å². The van der Waals surface area contributed by atoms with Crippen LogP contribution in [0.15, 0.2) is 54.6 Å². The van der Waals surface area contributed by atoms with E-state index < -0.39 is 17.8 Å². The van der Waals surface area contributed by atoms with E-state index >= 15 is 0 Å². The number of phenols is 1. The molecule has 0 aromatic heterocycles. The molecule has 1 fully saturated rings. The third-order valence-corrected chi connectivity index (χ3v) is 4.87. The van der Waals surface area contributed by atoms with Crippen LogP contribution in [0, 0.1) is 0 Å². The summed E-state index contributed by atoms with van der Waals surface area (Å²) >= 11 is 0. The molecular formula is C24H24N2O5. The first-order valence-electron chi connectivity index (χ1n) is 10.00. The van der Waals surface area contributed by atoms with Gasteiger partial charge in [-0.15, -0.1) is 6.58 Å². The number of carbonyl (C=O) groups excluding carboxylic acids is 3. The highest BCUT2D eigenvalue weighted by atomic mass is 16.5. The number of imide groups is 2. The van der Waals surface area contributed by atoms with E-state index in [1.165, 1.54) is 6.08 Å². The predicted octanol–water partition coefficient (Wildman–Crippen LogP) is 3.75. The molecule has 0 bridgehead atoms. The Balaban J connectivity index is 2.09. The number of anilines is 1. The van der Waals surface area contributed by atoms with Crippen molar-refractivity contribution in [3.05, 3.63) is 71.3 Å². The van der Waals surface area contributed by atoms with Crippen molar-refractivity contribution in [1.29, 1.82) is 0 Å². The highest BCUT2D eigenvalue weighted by Crippen LogP contribution is 2.34. The second-order valence-electron chi connectivity index (χ2n) is 6.89. The molecule has 0 atom stereocenters. The smallest absolute Gasteiger partial charge is 0.335 e. The summed E-state index contributed by atoms with van der Waals surface area (Å²) in [5.74, 6) is -1.28. The molecule has 7 heteroatoms. The number of hydrogen-bond donors (Lipinski definition) is 2. The molecule has 0 aliphatic carbocycles. The Morgan fingerprint density at radius 2 is 1.87 bits per heavy atom. The molecule has 2 N–H and O–H groups in total. The van der Waals surface area contributed by atoms with E-state index in [4.69, 9.17) is 4.74 Å². The van der Waals surface area contributed by atoms with Gasteiger partial charge in [0.05, 0.1) is 12.3 Å². The van der Waals surface area contributed by atoms with Gasteiger partial charge in [-0.25, -0.2) is 9.69 Å². The average Bonchev–Trinajstić information content (AvgIpc) is 2.74. The van der Waals surface area contributed by atoms with Crippen LogP contribution in [0.4, 0.5) is 10.5 Å². The van der Waals surface area contributed by atoms with Gasteiger partial charge in [0.1, 0.15) is 5.57 Å². The minimum Gasteiger partial charge on any atom is -0.504 e. The first-order valence-corrected chi connectivity index (χ1v) is 10.00. The number of barbiturate groups is 1. The normalized spacial score (nSPS) is 15.2. The molecular weight excluding hydrogens is 396 g/mol. The topological polar surface area (TPSA) is 95.9 Å². The number of phenolic OH excluding ortho intramolecular Hbond substituents is 1. The number of urea groups is 1. The van der Waals surface area contributed by atoms with Crippen LogP contribution < -0.4 is 15.0 Å². The van der Waals surface area contributed by atoms with E-state index in [0.29, 0.717) is 36.3 Å². The molecule has 1 saturated heterocycles. The number of aryl methyl sites for hydroxylation is 1. The molecule has 2 aromatic rings. The van der Waals surface area contributed by atoms with Crippen molar-refractivity contribution < 1.29 is 24.2 Å². The van der Waals surface area contributed by atoms with E-state index in [9.17, 15) is 19.5 Å². The summed E-state index contributed by atoms with van der Waals surface area (Å²) in [6.45, 7) is 7.71. The SMILES string of the molecule is C=CCc1cc(/C=C2\C(=O)NC(=O)N(c3ccccc3CC)C2=O)cc(OCC)c1O. The second-order valence-corrected chi connectivity index (χ2v) is 6.89. The summed E-state index contributed by atoms with van der Waals surface area (Å²) in [5, 5.41) is 12.6. The number of nitrogens with zero attached hydrogens (tertiary/aromatic N) is 1. The van der Waals surface area contributed by atoms with Gasteiger partial charge in [0.25, 0.3) is 11.8 Å². The Hall–Kier alpha value is -3.87. The lowest BCUT2D eigenvalue weighted by Crippen LogP contribution is -2.54. The van der Waals surface area contributed by atoms with Crippen LogP contribution in [-0.4, -0.2) is 29.6 Å². The van der Waals surface area contributed by atoms with Crippen molar-refractivity contribution in [3.63, 3.8) is 0 Å². The fraction of sp³-hybridized carbons (Fsp3) is 0.208. The van der Waals surface area contributed by atoms with Crippen molar-refractivity contribution >= 4 is 29.6 Å². The molecule has 3 rings (SSSR count). The molecule has 0 radical (unpaired) electrons. The zero-order valence-corrected chi connectivity index (χ0v) is 17.5. The maximum atomic E-state index is 13.2. The van der Waals surface area contributed by atoms with Crippen LogP contribution in [0.2, 0.25) is 0 Å². The monoisotopic (exact) mass is 420 g/mol. The van der Waals surface area contributed by atoms with Gasteiger partial charge in [-0.1, -0.05) is 31.2 Å². The number of para-hydroxylation sites is 1. The number of carbonyl (C=O) groups is 3. The van der Waals surface area contributed by atoms with E-state index in [1.54, 1.807) is 37.3 Å². The van der Waals surface area contributed by atoms with Gasteiger partial charge in [0, 0.05) is 5.56 Å². The molecule has 31 heavy (non-hydrogen) atoms. The minimum atomic E-state index is -0.791. The number of nitrogens with one attached hydrogen (secondary N) is 1. The molecule has 0 unspecified atom stereocenters. The molecule has 2 aromatic carbocycles. The summed E-state index contributed by atoms with van der Waals surface area (Å²) in [6.07, 6.45) is 4.00. The third-order valence-electron chi connectivity index (χ3n) is 4.87. The van der Waals surface area contributed by atoms with E-state index in [2.05, 4.69) is 11.9 Å². The lowest BCUT2D eigenvalue weighted by atomic mass is 10.0. The quantitative estimate of drug-likeness (QED) is 0.404. The van der Waals surface area contributed by atoms with Gasteiger partial charge >= 0.3 is 6.03 Å². The molecule has 4 amide bonds. The number of benzene rings is 2. The lowest BCUT2D eigenvalue weighted by molar-refractivity contribution is -0.122. The second kappa shape index (κ2) is 9.30. The van der Waals surface area contributed by atoms with Crippen molar-refractivity contribution in [2.75, 3.05) is 11.5 Å². The van der Waals surface area contributed by atoms with Crippen molar-refractivity contribution in [2.45, 2.75) is 26.7 Å². The minimum absolute atomic E-state index is 0.0167. The van der Waals surface area contributed by atoms with Gasteiger partial charge in [0.15, 0.2) is 11.5 Å². The molecule has 1 aliphatic heterocycles. The highest BCUT2D eigenvalue weighted by molar-refractivity contribution is 6.39. The first kappa shape index (κ1) is 21.8. The van der Waals surface area contributed by atoms with Crippen molar-refractivity contribution in [3.8, 4) is 11.5 Å². The van der Waals surface area contributed by atoms with Crippen LogP contribution in [0.5, 0.6) is 11.5 Å². The van der Waals surface area contributed by atoms with Gasteiger partial charge < -0.3 is 9.84 Å². The van der Waals surface area contributed by atoms with Crippen LogP contribution >= 0.6 is 0 Å². The number of hydrogen-bond acceptors (Lipinski definition) is 5. The summed E-state index contributed by atoms with van der Waals surface area (Å²) in [5.41, 5.74) is 2.06. The first-order chi connectivity index (χ1) is 14.9. The van der Waals surface area contributed by atoms with Crippen LogP contribution in [0.3, 0.4) is 0 Å².